The van der Waals surface area contributed by atoms with Crippen LogP contribution in [-0.2, 0) is 19.1 Å². The molecule has 0 radical (unpaired) electrons. The van der Waals surface area contributed by atoms with Gasteiger partial charge in [0.05, 0.1) is 25.5 Å². The van der Waals surface area contributed by atoms with Gasteiger partial charge in [0.15, 0.2) is 0 Å². The number of nitrogens with zero attached hydrogens (tertiary/aromatic N) is 5. The Hall–Kier alpha value is -3.34. The van der Waals surface area contributed by atoms with Crippen molar-refractivity contribution < 1.29 is 19.1 Å². The smallest absolute Gasteiger partial charge is 0.326 e. The Morgan fingerprint density at radius 3 is 2.66 bits per heavy atom. The molecule has 1 aromatic rings. The molecule has 3 rings (SSSR count). The van der Waals surface area contributed by atoms with E-state index in [9.17, 15) is 14.4 Å². The molecule has 2 amide bonds. The first-order valence-electron chi connectivity index (χ1n) is 9.16. The van der Waals surface area contributed by atoms with Crippen LogP contribution in [0.2, 0.25) is 0 Å². The van der Waals surface area contributed by atoms with Crippen molar-refractivity contribution in [3.63, 3.8) is 0 Å². The van der Waals surface area contributed by atoms with E-state index in [4.69, 9.17) is 16.7 Å². The Morgan fingerprint density at radius 1 is 1.38 bits per heavy atom. The van der Waals surface area contributed by atoms with Crippen molar-refractivity contribution >= 4 is 23.5 Å². The molecule has 0 N–H and O–H groups in total. The number of likely N-dealkylation sites (tertiary alicyclic amines) is 2. The predicted molar refractivity (Wildman–Crippen MR) is 103 cm³/mol. The van der Waals surface area contributed by atoms with E-state index in [2.05, 4.69) is 15.9 Å². The maximum absolute atomic E-state index is 13.2. The first-order valence-corrected chi connectivity index (χ1v) is 9.16. The Kier molecular flexibility index (Phi) is 5.33. The molecule has 0 aliphatic carbocycles. The van der Waals surface area contributed by atoms with E-state index in [1.807, 2.05) is 0 Å². The van der Waals surface area contributed by atoms with Gasteiger partial charge < -0.3 is 4.74 Å². The predicted octanol–water partition coefficient (Wildman–Crippen LogP) is 2.17. The Morgan fingerprint density at radius 2 is 2.07 bits per heavy atom. The molecule has 29 heavy (non-hydrogen) atoms. The summed E-state index contributed by atoms with van der Waals surface area (Å²) < 4.78 is 5.02. The molecule has 2 aliphatic rings. The molecule has 0 bridgehead atoms. The number of methoxy groups -OCH3 is 1. The lowest BCUT2D eigenvalue weighted by Crippen LogP contribution is -2.56. The van der Waals surface area contributed by atoms with Gasteiger partial charge in [-0.2, -0.15) is 0 Å². The summed E-state index contributed by atoms with van der Waals surface area (Å²) >= 11 is 0. The van der Waals surface area contributed by atoms with Crippen molar-refractivity contribution in [2.45, 2.75) is 25.4 Å². The third kappa shape index (κ3) is 2.77. The number of hydrogen-bond acceptors (Lipinski definition) is 6. The zero-order chi connectivity index (χ0) is 21.3. The van der Waals surface area contributed by atoms with Crippen LogP contribution in [0, 0.1) is 24.2 Å². The zero-order valence-corrected chi connectivity index (χ0v) is 16.4. The number of rotatable bonds is 5. The van der Waals surface area contributed by atoms with Gasteiger partial charge in [0.25, 0.3) is 0 Å². The molecule has 0 spiro atoms. The van der Waals surface area contributed by atoms with Crippen LogP contribution in [0.25, 0.3) is 10.4 Å². The molecule has 0 saturated carbocycles. The summed E-state index contributed by atoms with van der Waals surface area (Å²) in [6.07, 6.45) is 5.58. The molecular formula is C20H21N5O4. The van der Waals surface area contributed by atoms with Crippen LogP contribution in [-0.4, -0.2) is 53.3 Å². The van der Waals surface area contributed by atoms with Gasteiger partial charge in [0.2, 0.25) is 11.8 Å². The monoisotopic (exact) mass is 395 g/mol. The highest BCUT2D eigenvalue weighted by molar-refractivity contribution is 6.09. The summed E-state index contributed by atoms with van der Waals surface area (Å²) in [6.45, 7) is 3.48. The van der Waals surface area contributed by atoms with Crippen LogP contribution in [0.3, 0.4) is 0 Å². The van der Waals surface area contributed by atoms with Crippen molar-refractivity contribution in [3.8, 4) is 12.3 Å². The van der Waals surface area contributed by atoms with E-state index in [0.29, 0.717) is 11.3 Å². The van der Waals surface area contributed by atoms with Crippen LogP contribution >= 0.6 is 0 Å². The summed E-state index contributed by atoms with van der Waals surface area (Å²) in [7, 11) is 1.23. The van der Waals surface area contributed by atoms with E-state index in [0.717, 1.165) is 4.90 Å². The Labute approximate surface area is 168 Å². The lowest BCUT2D eigenvalue weighted by atomic mass is 9.80. The molecule has 9 heteroatoms. The van der Waals surface area contributed by atoms with Gasteiger partial charge in [-0.05, 0) is 24.9 Å². The van der Waals surface area contributed by atoms with Gasteiger partial charge >= 0.3 is 5.97 Å². The SMILES string of the molecule is C#CCN1[C@H](c2ccccc2N=[N+]=[N-])[C@@H]2C(=O)N(CC)C(=O)[C@@H]2[C@]1(C)C(=O)OC. The highest BCUT2D eigenvalue weighted by Crippen LogP contribution is 2.56. The number of esters is 1. The molecule has 2 fully saturated rings. The average Bonchev–Trinajstić information content (AvgIpc) is 3.13. The fourth-order valence-electron chi connectivity index (χ4n) is 4.68. The highest BCUT2D eigenvalue weighted by Gasteiger charge is 2.70. The first-order chi connectivity index (χ1) is 13.9. The summed E-state index contributed by atoms with van der Waals surface area (Å²) in [5, 5.41) is 3.73. The number of ether oxygens (including phenoxy) is 1. The second-order valence-electron chi connectivity index (χ2n) is 7.09. The zero-order valence-electron chi connectivity index (χ0n) is 16.4. The van der Waals surface area contributed by atoms with Crippen molar-refractivity contribution in [2.24, 2.45) is 17.0 Å². The van der Waals surface area contributed by atoms with Crippen LogP contribution in [0.4, 0.5) is 5.69 Å². The fraction of sp³-hybridized carbons (Fsp3) is 0.450. The highest BCUT2D eigenvalue weighted by atomic mass is 16.5. The van der Waals surface area contributed by atoms with Crippen molar-refractivity contribution in [1.82, 2.24) is 9.80 Å². The second kappa shape index (κ2) is 7.59. The summed E-state index contributed by atoms with van der Waals surface area (Å²) in [6, 6.07) is 6.04. The summed E-state index contributed by atoms with van der Waals surface area (Å²) in [5.41, 5.74) is 8.35. The van der Waals surface area contributed by atoms with Gasteiger partial charge in [-0.3, -0.25) is 24.2 Å². The van der Waals surface area contributed by atoms with Crippen LogP contribution < -0.4 is 0 Å². The van der Waals surface area contributed by atoms with Gasteiger partial charge in [0, 0.05) is 23.2 Å². The van der Waals surface area contributed by atoms with Gasteiger partial charge in [-0.1, -0.05) is 35.3 Å². The normalized spacial score (nSPS) is 28.6. The van der Waals surface area contributed by atoms with Crippen LogP contribution in [0.1, 0.15) is 25.5 Å². The number of terminal acetylenes is 1. The number of amides is 2. The number of fused-ring (bicyclic) bond motifs is 1. The number of imide groups is 1. The summed E-state index contributed by atoms with van der Waals surface area (Å²) in [5.74, 6) is -0.747. The van der Waals surface area contributed by atoms with Crippen molar-refractivity contribution in [2.75, 3.05) is 20.2 Å². The third-order valence-electron chi connectivity index (χ3n) is 5.90. The van der Waals surface area contributed by atoms with Gasteiger partial charge in [0.1, 0.15) is 5.54 Å². The number of azide groups is 1. The Bertz CT molecular complexity index is 964. The lowest BCUT2D eigenvalue weighted by Gasteiger charge is -2.38. The maximum atomic E-state index is 13.2. The number of carbonyl (C=O) groups is 3. The Balaban J connectivity index is 2.30. The molecule has 4 atom stereocenters. The van der Waals surface area contributed by atoms with Crippen molar-refractivity contribution in [3.05, 3.63) is 40.3 Å². The quantitative estimate of drug-likeness (QED) is 0.189. The minimum absolute atomic E-state index is 0.000549. The van der Waals surface area contributed by atoms with Gasteiger partial charge in [-0.15, -0.1) is 6.42 Å². The topological polar surface area (TPSA) is 116 Å². The molecule has 9 nitrogen and oxygen atoms in total. The minimum atomic E-state index is -1.45. The maximum Gasteiger partial charge on any atom is 0.326 e. The number of carbonyl (C=O) groups excluding carboxylic acids is 3. The van der Waals surface area contributed by atoms with Crippen LogP contribution in [0.5, 0.6) is 0 Å². The number of hydrogen-bond donors (Lipinski definition) is 0. The summed E-state index contributed by atoms with van der Waals surface area (Å²) in [4.78, 5) is 44.9. The number of benzene rings is 1. The van der Waals surface area contributed by atoms with E-state index in [1.165, 1.54) is 7.11 Å². The van der Waals surface area contributed by atoms with Crippen LogP contribution in [0.15, 0.2) is 29.4 Å². The third-order valence-corrected chi connectivity index (χ3v) is 5.90. The second-order valence-corrected chi connectivity index (χ2v) is 7.09. The standard InChI is InChI=1S/C20H21N5O4/c1-5-11-25-16(12-9-7-8-10-13(12)22-23-21)14-15(20(25,3)19(28)29-4)18(27)24(6-2)17(14)26/h1,7-10,14-16H,6,11H2,2-4H3/t14-,15-,16-,20-/m1/s1. The molecule has 2 heterocycles. The molecule has 150 valence electrons. The van der Waals surface area contributed by atoms with E-state index < -0.39 is 35.3 Å². The fourth-order valence-corrected chi connectivity index (χ4v) is 4.68. The molecule has 2 aliphatic heterocycles. The first kappa shape index (κ1) is 20.4. The van der Waals surface area contributed by atoms with E-state index >= 15 is 0 Å². The van der Waals surface area contributed by atoms with Gasteiger partial charge in [-0.25, -0.2) is 0 Å². The average molecular weight is 395 g/mol. The molecule has 0 aromatic heterocycles. The largest absolute Gasteiger partial charge is 0.468 e. The molecule has 0 unspecified atom stereocenters. The lowest BCUT2D eigenvalue weighted by molar-refractivity contribution is -0.159. The van der Waals surface area contributed by atoms with E-state index in [1.54, 1.807) is 43.0 Å². The van der Waals surface area contributed by atoms with E-state index in [-0.39, 0.29) is 19.0 Å². The molecule has 1 aromatic carbocycles. The molecule has 2 saturated heterocycles. The minimum Gasteiger partial charge on any atom is -0.468 e. The molecular weight excluding hydrogens is 374 g/mol. The van der Waals surface area contributed by atoms with Crippen molar-refractivity contribution in [1.29, 1.82) is 0 Å².